The first-order chi connectivity index (χ1) is 19.9. The second-order valence-corrected chi connectivity index (χ2v) is 8.84. The van der Waals surface area contributed by atoms with E-state index in [9.17, 15) is 19.2 Å². The lowest BCUT2D eigenvalue weighted by Gasteiger charge is -2.26. The molecule has 1 aliphatic rings. The Bertz CT molecular complexity index is 1330. The van der Waals surface area contributed by atoms with Crippen molar-refractivity contribution >= 4 is 47.1 Å². The predicted octanol–water partition coefficient (Wildman–Crippen LogP) is 4.13. The number of ether oxygens (including phenoxy) is 3. The van der Waals surface area contributed by atoms with Crippen LogP contribution in [-0.2, 0) is 23.8 Å². The fourth-order valence-corrected chi connectivity index (χ4v) is 3.95. The van der Waals surface area contributed by atoms with Gasteiger partial charge < -0.3 is 34.2 Å². The Labute approximate surface area is 237 Å². The molecule has 0 saturated carbocycles. The third-order valence-corrected chi connectivity index (χ3v) is 6.02. The maximum absolute atomic E-state index is 13.3. The summed E-state index contributed by atoms with van der Waals surface area (Å²) in [5.74, 6) is -1.44. The molecule has 2 heterocycles. The number of nitrogens with zero attached hydrogens (tertiary/aromatic N) is 1. The molecule has 214 valence electrons. The van der Waals surface area contributed by atoms with Crippen LogP contribution in [0.15, 0.2) is 70.7 Å². The highest BCUT2D eigenvalue weighted by Crippen LogP contribution is 2.23. The maximum atomic E-state index is 13.3. The molecule has 0 radical (unpaired) electrons. The molecule has 0 aliphatic carbocycles. The molecule has 1 saturated heterocycles. The summed E-state index contributed by atoms with van der Waals surface area (Å²) in [7, 11) is 0. The van der Waals surface area contributed by atoms with Crippen molar-refractivity contribution in [3.63, 3.8) is 0 Å². The zero-order valence-electron chi connectivity index (χ0n) is 22.8. The van der Waals surface area contributed by atoms with Gasteiger partial charge in [-0.15, -0.1) is 0 Å². The van der Waals surface area contributed by atoms with Crippen LogP contribution in [0.3, 0.4) is 0 Å². The van der Waals surface area contributed by atoms with Crippen molar-refractivity contribution in [2.45, 2.75) is 13.8 Å². The minimum atomic E-state index is -0.696. The second-order valence-electron chi connectivity index (χ2n) is 8.84. The number of furan rings is 1. The van der Waals surface area contributed by atoms with Crippen molar-refractivity contribution in [3.05, 3.63) is 83.1 Å². The summed E-state index contributed by atoms with van der Waals surface area (Å²) < 4.78 is 21.3. The van der Waals surface area contributed by atoms with Gasteiger partial charge in [-0.1, -0.05) is 0 Å². The van der Waals surface area contributed by atoms with Gasteiger partial charge in [-0.25, -0.2) is 9.59 Å². The van der Waals surface area contributed by atoms with E-state index in [4.69, 9.17) is 18.6 Å². The smallest absolute Gasteiger partial charge is 0.338 e. The molecular weight excluding hydrogens is 530 g/mol. The summed E-state index contributed by atoms with van der Waals surface area (Å²) in [6.45, 7) is 6.38. The fraction of sp³-hybridized carbons (Fsp3) is 0.267. The maximum Gasteiger partial charge on any atom is 0.338 e. The van der Waals surface area contributed by atoms with Gasteiger partial charge in [0.05, 0.1) is 37.6 Å². The van der Waals surface area contributed by atoms with Crippen LogP contribution in [0.4, 0.5) is 17.3 Å². The minimum absolute atomic E-state index is 0.225. The molecule has 3 aromatic rings. The number of carbonyl (C=O) groups excluding carboxylic acids is 4. The number of hydrogen-bond acceptors (Lipinski definition) is 9. The van der Waals surface area contributed by atoms with E-state index in [1.807, 2.05) is 4.90 Å². The van der Waals surface area contributed by atoms with Gasteiger partial charge in [-0.05, 0) is 74.5 Å². The van der Waals surface area contributed by atoms with Crippen molar-refractivity contribution in [1.29, 1.82) is 0 Å². The highest BCUT2D eigenvalue weighted by molar-refractivity contribution is 6.28. The van der Waals surface area contributed by atoms with Gasteiger partial charge in [-0.3, -0.25) is 9.59 Å². The Kier molecular flexibility index (Phi) is 9.89. The highest BCUT2D eigenvalue weighted by Gasteiger charge is 2.22. The topological polar surface area (TPSA) is 136 Å². The summed E-state index contributed by atoms with van der Waals surface area (Å²) in [6.07, 6.45) is 1.36. The van der Waals surface area contributed by atoms with Gasteiger partial charge in [0, 0.05) is 30.5 Å². The summed E-state index contributed by atoms with van der Waals surface area (Å²) in [4.78, 5) is 52.6. The SMILES string of the molecule is CCOC(=O)c1ccc(NC(=O)C(=Cc2ccc(N3CCOCC3)o2)C(=O)Nc2ccc(C(=O)OCC)cc2)cc1. The molecule has 11 nitrogen and oxygen atoms in total. The van der Waals surface area contributed by atoms with E-state index in [-0.39, 0.29) is 18.8 Å². The van der Waals surface area contributed by atoms with Gasteiger partial charge in [0.2, 0.25) is 0 Å². The minimum Gasteiger partial charge on any atom is -0.462 e. The molecule has 0 unspecified atom stereocenters. The average molecular weight is 562 g/mol. The molecule has 1 aromatic heterocycles. The number of carbonyl (C=O) groups is 4. The molecule has 0 spiro atoms. The molecule has 4 rings (SSSR count). The number of morpholine rings is 1. The quantitative estimate of drug-likeness (QED) is 0.162. The lowest BCUT2D eigenvalue weighted by atomic mass is 10.1. The second kappa shape index (κ2) is 13.9. The molecule has 0 atom stereocenters. The van der Waals surface area contributed by atoms with E-state index in [2.05, 4.69) is 10.6 Å². The third-order valence-electron chi connectivity index (χ3n) is 6.02. The standard InChI is InChI=1S/C30H31N3O8/c1-3-39-29(36)20-5-9-22(10-6-20)31-27(34)25(19-24-13-14-26(41-24)33-15-17-38-18-16-33)28(35)32-23-11-7-21(8-12-23)30(37)40-4-2/h5-14,19H,3-4,15-18H2,1-2H3,(H,31,34)(H,32,35). The first kappa shape index (κ1) is 29.1. The fourth-order valence-electron chi connectivity index (χ4n) is 3.95. The van der Waals surface area contributed by atoms with Crippen LogP contribution in [0.2, 0.25) is 0 Å². The third kappa shape index (κ3) is 7.83. The van der Waals surface area contributed by atoms with E-state index in [1.165, 1.54) is 54.6 Å². The largest absolute Gasteiger partial charge is 0.462 e. The number of nitrogens with one attached hydrogen (secondary N) is 2. The Balaban J connectivity index is 1.55. The molecule has 2 amide bonds. The Hall–Kier alpha value is -4.90. The normalized spacial score (nSPS) is 12.7. The molecule has 41 heavy (non-hydrogen) atoms. The van der Waals surface area contributed by atoms with E-state index in [0.717, 1.165) is 0 Å². The number of benzene rings is 2. The van der Waals surface area contributed by atoms with Crippen LogP contribution < -0.4 is 15.5 Å². The summed E-state index contributed by atoms with van der Waals surface area (Å²) in [5, 5.41) is 5.37. The average Bonchev–Trinajstić information content (AvgIpc) is 3.46. The zero-order chi connectivity index (χ0) is 29.2. The summed E-state index contributed by atoms with van der Waals surface area (Å²) in [6, 6.07) is 15.7. The van der Waals surface area contributed by atoms with Crippen molar-refractivity contribution in [2.24, 2.45) is 0 Å². The number of rotatable bonds is 10. The van der Waals surface area contributed by atoms with Gasteiger partial charge in [-0.2, -0.15) is 0 Å². The van der Waals surface area contributed by atoms with Gasteiger partial charge in [0.25, 0.3) is 11.8 Å². The first-order valence-corrected chi connectivity index (χ1v) is 13.2. The number of hydrogen-bond donors (Lipinski definition) is 2. The lowest BCUT2D eigenvalue weighted by Crippen LogP contribution is -2.35. The van der Waals surface area contributed by atoms with Crippen LogP contribution in [0, 0.1) is 0 Å². The molecule has 11 heteroatoms. The molecule has 1 aliphatic heterocycles. The van der Waals surface area contributed by atoms with Crippen LogP contribution >= 0.6 is 0 Å². The Morgan fingerprint density at radius 3 is 1.71 bits per heavy atom. The lowest BCUT2D eigenvalue weighted by molar-refractivity contribution is -0.118. The highest BCUT2D eigenvalue weighted by atomic mass is 16.5. The Morgan fingerprint density at radius 1 is 0.756 bits per heavy atom. The summed E-state index contributed by atoms with van der Waals surface area (Å²) in [5.41, 5.74) is 1.17. The van der Waals surface area contributed by atoms with Crippen LogP contribution in [0.1, 0.15) is 40.3 Å². The number of anilines is 3. The number of amides is 2. The molecule has 2 N–H and O–H groups in total. The van der Waals surface area contributed by atoms with Crippen molar-refractivity contribution in [3.8, 4) is 0 Å². The summed E-state index contributed by atoms with van der Waals surface area (Å²) >= 11 is 0. The monoisotopic (exact) mass is 561 g/mol. The van der Waals surface area contributed by atoms with Gasteiger partial charge in [0.15, 0.2) is 5.88 Å². The molecule has 1 fully saturated rings. The van der Waals surface area contributed by atoms with Crippen LogP contribution in [0.25, 0.3) is 6.08 Å². The predicted molar refractivity (Wildman–Crippen MR) is 152 cm³/mol. The van der Waals surface area contributed by atoms with E-state index < -0.39 is 23.8 Å². The first-order valence-electron chi connectivity index (χ1n) is 13.2. The number of esters is 2. The van der Waals surface area contributed by atoms with E-state index in [1.54, 1.807) is 26.0 Å². The molecule has 2 aromatic carbocycles. The molecule has 0 bridgehead atoms. The van der Waals surface area contributed by atoms with Crippen LogP contribution in [0.5, 0.6) is 0 Å². The molecular formula is C30H31N3O8. The van der Waals surface area contributed by atoms with Gasteiger partial charge in [0.1, 0.15) is 11.3 Å². The van der Waals surface area contributed by atoms with Crippen molar-refractivity contribution < 1.29 is 37.8 Å². The zero-order valence-corrected chi connectivity index (χ0v) is 22.8. The van der Waals surface area contributed by atoms with Crippen molar-refractivity contribution in [1.82, 2.24) is 0 Å². The van der Waals surface area contributed by atoms with Crippen LogP contribution in [-0.4, -0.2) is 63.3 Å². The van der Waals surface area contributed by atoms with E-state index >= 15 is 0 Å². The van der Waals surface area contributed by atoms with E-state index in [0.29, 0.717) is 60.4 Å². The Morgan fingerprint density at radius 2 is 1.24 bits per heavy atom. The van der Waals surface area contributed by atoms with Gasteiger partial charge >= 0.3 is 11.9 Å². The van der Waals surface area contributed by atoms with Crippen molar-refractivity contribution in [2.75, 3.05) is 55.1 Å².